The predicted molar refractivity (Wildman–Crippen MR) is 265 cm³/mol. The number of rotatable bonds is 7. The van der Waals surface area contributed by atoms with Crippen LogP contribution >= 0.6 is 0 Å². The molecule has 2 atom stereocenters. The van der Waals surface area contributed by atoms with Gasteiger partial charge in [0.1, 0.15) is 0 Å². The van der Waals surface area contributed by atoms with Crippen LogP contribution < -0.4 is 14.4 Å². The van der Waals surface area contributed by atoms with Gasteiger partial charge in [0.25, 0.3) is 0 Å². The van der Waals surface area contributed by atoms with Gasteiger partial charge >= 0.3 is 0 Å². The van der Waals surface area contributed by atoms with Gasteiger partial charge in [-0.3, -0.25) is 0 Å². The molecule has 0 radical (unpaired) electrons. The van der Waals surface area contributed by atoms with Crippen LogP contribution in [0.4, 0.5) is 11.4 Å². The van der Waals surface area contributed by atoms with Crippen molar-refractivity contribution in [1.82, 2.24) is 4.57 Å². The van der Waals surface area contributed by atoms with Crippen molar-refractivity contribution < 1.29 is 9.47 Å². The molecule has 13 rings (SSSR count). The first-order valence-electron chi connectivity index (χ1n) is 22.4. The topological polar surface area (TPSA) is 26.6 Å². The van der Waals surface area contributed by atoms with Crippen LogP contribution in [0.25, 0.3) is 49.7 Å². The lowest BCUT2D eigenvalue weighted by molar-refractivity contribution is 0.0755. The average Bonchev–Trinajstić information content (AvgIpc) is 3.88. The lowest BCUT2D eigenvalue weighted by atomic mass is 9.68. The van der Waals surface area contributed by atoms with Crippen molar-refractivity contribution in [2.45, 2.75) is 17.6 Å². The van der Waals surface area contributed by atoms with Gasteiger partial charge in [0.15, 0.2) is 23.7 Å². The van der Waals surface area contributed by atoms with Crippen LogP contribution in [0.3, 0.4) is 0 Å². The van der Waals surface area contributed by atoms with Gasteiger partial charge in [0.2, 0.25) is 0 Å². The monoisotopic (exact) mass is 834 g/mol. The number of hydrogen-bond donors (Lipinski definition) is 0. The van der Waals surface area contributed by atoms with Gasteiger partial charge in [-0.1, -0.05) is 170 Å². The third-order valence-electron chi connectivity index (χ3n) is 13.6. The maximum Gasteiger partial charge on any atom is 0.170 e. The fourth-order valence-electron chi connectivity index (χ4n) is 10.8. The Hall–Kier alpha value is -8.34. The Balaban J connectivity index is 0.948. The quantitative estimate of drug-likeness (QED) is 0.160. The Morgan fingerprint density at radius 2 is 1.11 bits per heavy atom. The molecule has 0 amide bonds. The van der Waals surface area contributed by atoms with Crippen LogP contribution in [0, 0.1) is 0 Å². The second kappa shape index (κ2) is 14.9. The maximum atomic E-state index is 7.19. The first-order chi connectivity index (χ1) is 32.2. The highest BCUT2D eigenvalue weighted by molar-refractivity contribution is 6.10. The average molecular weight is 835 g/mol. The molecular formula is C61H42N2O2. The largest absolute Gasteiger partial charge is 0.478 e. The Morgan fingerprint density at radius 1 is 0.462 bits per heavy atom. The van der Waals surface area contributed by atoms with Gasteiger partial charge in [-0.05, 0) is 112 Å². The molecule has 2 unspecified atom stereocenters. The zero-order valence-electron chi connectivity index (χ0n) is 35.5. The van der Waals surface area contributed by atoms with Gasteiger partial charge in [-0.15, -0.1) is 0 Å². The number of fused-ring (bicyclic) bond motifs is 9. The number of allylic oxidation sites excluding steroid dienone is 1. The number of hydrogen-bond acceptors (Lipinski definition) is 3. The lowest BCUT2D eigenvalue weighted by Gasteiger charge is -2.37. The van der Waals surface area contributed by atoms with Crippen LogP contribution in [0.5, 0.6) is 11.5 Å². The molecule has 0 N–H and O–H groups in total. The molecule has 308 valence electrons. The van der Waals surface area contributed by atoms with E-state index in [2.05, 4.69) is 252 Å². The molecule has 3 aliphatic rings. The van der Waals surface area contributed by atoms with E-state index in [0.29, 0.717) is 0 Å². The molecule has 10 aromatic rings. The minimum absolute atomic E-state index is 0.336. The Morgan fingerprint density at radius 3 is 1.89 bits per heavy atom. The molecule has 4 heteroatoms. The van der Waals surface area contributed by atoms with Crippen LogP contribution in [0.2, 0.25) is 0 Å². The minimum Gasteiger partial charge on any atom is -0.478 e. The first-order valence-corrected chi connectivity index (χ1v) is 22.4. The fraction of sp³-hybridized carbons (Fsp3) is 0.0492. The van der Waals surface area contributed by atoms with Crippen LogP contribution in [0.1, 0.15) is 22.3 Å². The summed E-state index contributed by atoms with van der Waals surface area (Å²) in [5.41, 5.74) is 15.5. The second-order valence-corrected chi connectivity index (χ2v) is 17.1. The van der Waals surface area contributed by atoms with Gasteiger partial charge in [0.05, 0.1) is 16.4 Å². The van der Waals surface area contributed by atoms with Crippen LogP contribution in [-0.4, -0.2) is 16.8 Å². The van der Waals surface area contributed by atoms with E-state index >= 15 is 0 Å². The van der Waals surface area contributed by atoms with Crippen LogP contribution in [0.15, 0.2) is 248 Å². The molecule has 0 bridgehead atoms. The highest BCUT2D eigenvalue weighted by Crippen LogP contribution is 2.61. The van der Waals surface area contributed by atoms with Crippen molar-refractivity contribution in [2.75, 3.05) is 4.90 Å². The van der Waals surface area contributed by atoms with E-state index in [1.807, 2.05) is 0 Å². The third kappa shape index (κ3) is 5.77. The maximum absolute atomic E-state index is 7.19. The predicted octanol–water partition coefficient (Wildman–Crippen LogP) is 14.6. The summed E-state index contributed by atoms with van der Waals surface area (Å²) in [6, 6.07) is 80.5. The summed E-state index contributed by atoms with van der Waals surface area (Å²) in [5.74, 6) is 1.54. The van der Waals surface area contributed by atoms with Gasteiger partial charge in [0, 0.05) is 39.1 Å². The van der Waals surface area contributed by atoms with Gasteiger partial charge in [-0.2, -0.15) is 0 Å². The molecule has 0 saturated carbocycles. The lowest BCUT2D eigenvalue weighted by Crippen LogP contribution is -2.40. The minimum atomic E-state index is -0.525. The molecule has 0 fully saturated rings. The Bertz CT molecular complexity index is 3460. The van der Waals surface area contributed by atoms with E-state index in [4.69, 9.17) is 9.47 Å². The van der Waals surface area contributed by atoms with Crippen molar-refractivity contribution in [1.29, 1.82) is 0 Å². The van der Waals surface area contributed by atoms with Crippen molar-refractivity contribution in [3.8, 4) is 39.4 Å². The number of anilines is 2. The molecule has 2 aliphatic carbocycles. The molecule has 9 aromatic carbocycles. The van der Waals surface area contributed by atoms with Crippen molar-refractivity contribution in [3.05, 3.63) is 271 Å². The molecule has 0 spiro atoms. The van der Waals surface area contributed by atoms with Crippen molar-refractivity contribution in [3.63, 3.8) is 0 Å². The summed E-state index contributed by atoms with van der Waals surface area (Å²) in [4.78, 5) is 2.36. The summed E-state index contributed by atoms with van der Waals surface area (Å²) >= 11 is 0. The number of ether oxygens (including phenoxy) is 2. The smallest absolute Gasteiger partial charge is 0.170 e. The summed E-state index contributed by atoms with van der Waals surface area (Å²) in [7, 11) is 0. The summed E-state index contributed by atoms with van der Waals surface area (Å²) in [6.45, 7) is 0. The molecule has 1 aliphatic heterocycles. The number of para-hydroxylation sites is 2. The van der Waals surface area contributed by atoms with E-state index in [-0.39, 0.29) is 12.2 Å². The molecule has 0 saturated heterocycles. The Kier molecular flexibility index (Phi) is 8.53. The molecular weight excluding hydrogens is 793 g/mol. The summed E-state index contributed by atoms with van der Waals surface area (Å²) in [5, 5.41) is 2.39. The normalized spacial score (nSPS) is 16.4. The van der Waals surface area contributed by atoms with Gasteiger partial charge < -0.3 is 18.9 Å². The van der Waals surface area contributed by atoms with E-state index in [0.717, 1.165) is 50.9 Å². The van der Waals surface area contributed by atoms with Crippen molar-refractivity contribution >= 4 is 33.2 Å². The van der Waals surface area contributed by atoms with Crippen LogP contribution in [-0.2, 0) is 5.41 Å². The fourth-order valence-corrected chi connectivity index (χ4v) is 10.8. The number of nitrogens with zero attached hydrogens (tertiary/aromatic N) is 2. The molecule has 65 heavy (non-hydrogen) atoms. The van der Waals surface area contributed by atoms with E-state index in [1.54, 1.807) is 0 Å². The highest BCUT2D eigenvalue weighted by Gasteiger charge is 2.49. The summed E-state index contributed by atoms with van der Waals surface area (Å²) in [6.07, 6.45) is 5.92. The van der Waals surface area contributed by atoms with Crippen molar-refractivity contribution in [2.24, 2.45) is 0 Å². The standard InChI is InChI=1S/C61H42N2O2/c1-5-18-41(19-6-1)42-20-17-27-46(38-42)62(47-32-35-55-51(39-47)49-28-14-16-31-54(49)63(55)45-25-11-4-12-26-45)48-33-36-56-58(40-48)64-57-37-34-53-59(60(57)65-56)50-29-13-15-30-52(50)61(53,43-21-7-2-8-22-43)44-23-9-3-10-24-44/h1-40,56,58H. The number of aromatic nitrogens is 1. The van der Waals surface area contributed by atoms with E-state index in [1.165, 1.54) is 49.7 Å². The van der Waals surface area contributed by atoms with E-state index in [9.17, 15) is 0 Å². The third-order valence-corrected chi connectivity index (χ3v) is 13.6. The first kappa shape index (κ1) is 37.2. The molecule has 4 nitrogen and oxygen atoms in total. The molecule has 2 heterocycles. The zero-order valence-corrected chi connectivity index (χ0v) is 35.5. The number of benzene rings is 9. The SMILES string of the molecule is C1=CC2Oc3c(ccc4c3-c3ccccc3C4(c3ccccc3)c3ccccc3)OC2C=C1N(c1cccc(-c2ccccc2)c1)c1ccc2c(c1)c1ccccc1n2-c1ccccc1. The second-order valence-electron chi connectivity index (χ2n) is 17.1. The van der Waals surface area contributed by atoms with E-state index < -0.39 is 5.41 Å². The van der Waals surface area contributed by atoms with Gasteiger partial charge in [-0.25, -0.2) is 0 Å². The summed E-state index contributed by atoms with van der Waals surface area (Å²) < 4.78 is 16.7. The zero-order chi connectivity index (χ0) is 42.9. The Labute approximate surface area is 378 Å². The molecule has 1 aromatic heterocycles. The highest BCUT2D eigenvalue weighted by atomic mass is 16.6.